The Morgan fingerprint density at radius 1 is 1.50 bits per heavy atom. The van der Waals surface area contributed by atoms with Gasteiger partial charge in [0.25, 0.3) is 5.09 Å². The highest BCUT2D eigenvalue weighted by molar-refractivity contribution is 5.75. The van der Waals surface area contributed by atoms with Crippen molar-refractivity contribution in [1.82, 2.24) is 4.90 Å². The number of unbranched alkanes of at least 4 members (excludes halogenated alkanes) is 1. The Balaban J connectivity index is 3.36. The molecule has 0 aromatic carbocycles. The minimum Gasteiger partial charge on any atom is -0.346 e. The van der Waals surface area contributed by atoms with E-state index in [1.807, 2.05) is 6.92 Å². The van der Waals surface area contributed by atoms with Gasteiger partial charge in [-0.3, -0.25) is 4.79 Å². The summed E-state index contributed by atoms with van der Waals surface area (Å²) < 4.78 is 0. The average Bonchev–Trinajstić information content (AvgIpc) is 2.15. The molecule has 1 amide bonds. The third-order valence-electron chi connectivity index (χ3n) is 1.88. The highest BCUT2D eigenvalue weighted by atomic mass is 16.9. The molecule has 14 heavy (non-hydrogen) atoms. The molecular weight excluding hydrogens is 188 g/mol. The van der Waals surface area contributed by atoms with Gasteiger partial charge >= 0.3 is 0 Å². The topological polar surface area (TPSA) is 72.7 Å². The molecule has 0 aromatic rings. The molecule has 0 saturated carbocycles. The maximum Gasteiger partial charge on any atom is 0.294 e. The number of hydrogen-bond acceptors (Lipinski definition) is 4. The molecule has 0 N–H and O–H groups in total. The van der Waals surface area contributed by atoms with Crippen LogP contribution >= 0.6 is 0 Å². The van der Waals surface area contributed by atoms with Crippen LogP contribution in [0.1, 0.15) is 26.2 Å². The van der Waals surface area contributed by atoms with E-state index in [9.17, 15) is 14.9 Å². The lowest BCUT2D eigenvalue weighted by Gasteiger charge is -2.13. The Bertz CT molecular complexity index is 196. The molecular formula is C8H16N2O4. The summed E-state index contributed by atoms with van der Waals surface area (Å²) in [4.78, 5) is 26.7. The molecule has 82 valence electrons. The summed E-state index contributed by atoms with van der Waals surface area (Å²) in [6.07, 6.45) is 1.58. The summed E-state index contributed by atoms with van der Waals surface area (Å²) in [5, 5.41) is 8.94. The molecule has 6 heteroatoms. The fourth-order valence-corrected chi connectivity index (χ4v) is 0.885. The summed E-state index contributed by atoms with van der Waals surface area (Å²) in [5.41, 5.74) is 0. The number of carbonyl (C=O) groups is 1. The maximum atomic E-state index is 11.2. The van der Waals surface area contributed by atoms with E-state index in [-0.39, 0.29) is 12.5 Å². The summed E-state index contributed by atoms with van der Waals surface area (Å²) in [5.74, 6) is 0.0635. The molecule has 0 heterocycles. The first kappa shape index (κ1) is 12.7. The quantitative estimate of drug-likeness (QED) is 0.350. The second kappa shape index (κ2) is 7.11. The zero-order valence-corrected chi connectivity index (χ0v) is 8.56. The molecule has 0 atom stereocenters. The lowest BCUT2D eigenvalue weighted by molar-refractivity contribution is -0.757. The molecule has 0 spiro atoms. The van der Waals surface area contributed by atoms with Crippen LogP contribution in [0.2, 0.25) is 0 Å². The van der Waals surface area contributed by atoms with Crippen molar-refractivity contribution in [2.75, 3.05) is 20.2 Å². The molecule has 0 saturated heterocycles. The number of rotatable bonds is 7. The van der Waals surface area contributed by atoms with E-state index in [1.165, 1.54) is 0 Å². The van der Waals surface area contributed by atoms with E-state index in [1.54, 1.807) is 11.9 Å². The van der Waals surface area contributed by atoms with Gasteiger partial charge in [0, 0.05) is 20.0 Å². The first-order valence-electron chi connectivity index (χ1n) is 4.59. The third kappa shape index (κ3) is 6.22. The minimum atomic E-state index is -0.819. The van der Waals surface area contributed by atoms with Gasteiger partial charge in [-0.1, -0.05) is 0 Å². The predicted molar refractivity (Wildman–Crippen MR) is 50.1 cm³/mol. The van der Waals surface area contributed by atoms with Gasteiger partial charge in [0.2, 0.25) is 5.91 Å². The summed E-state index contributed by atoms with van der Waals surface area (Å²) in [7, 11) is 1.73. The van der Waals surface area contributed by atoms with Crippen molar-refractivity contribution in [3.63, 3.8) is 0 Å². The Labute approximate surface area is 82.9 Å². The fraction of sp³-hybridized carbons (Fsp3) is 0.875. The lowest BCUT2D eigenvalue weighted by Crippen LogP contribution is -2.25. The normalized spacial score (nSPS) is 9.57. The van der Waals surface area contributed by atoms with E-state index in [4.69, 9.17) is 0 Å². The van der Waals surface area contributed by atoms with Gasteiger partial charge in [-0.05, 0) is 19.8 Å². The Kier molecular flexibility index (Phi) is 6.43. The molecule has 0 aliphatic heterocycles. The lowest BCUT2D eigenvalue weighted by atomic mass is 10.2. The standard InChI is InChI=1S/C8H16N2O4/c1-3-9(2)8(11)6-4-5-7-14-10(12)13/h3-7H2,1-2H3. The minimum absolute atomic E-state index is 0.0635. The van der Waals surface area contributed by atoms with Crippen molar-refractivity contribution < 1.29 is 14.7 Å². The van der Waals surface area contributed by atoms with Crippen LogP contribution in [0.4, 0.5) is 0 Å². The maximum absolute atomic E-state index is 11.2. The second-order valence-corrected chi connectivity index (χ2v) is 2.92. The zero-order chi connectivity index (χ0) is 11.0. The van der Waals surface area contributed by atoms with Crippen molar-refractivity contribution in [1.29, 1.82) is 0 Å². The molecule has 0 fully saturated rings. The summed E-state index contributed by atoms with van der Waals surface area (Å²) >= 11 is 0. The van der Waals surface area contributed by atoms with Crippen molar-refractivity contribution in [2.45, 2.75) is 26.2 Å². The van der Waals surface area contributed by atoms with E-state index < -0.39 is 5.09 Å². The smallest absolute Gasteiger partial charge is 0.294 e. The van der Waals surface area contributed by atoms with Crippen LogP contribution in [-0.4, -0.2) is 36.1 Å². The van der Waals surface area contributed by atoms with Crippen molar-refractivity contribution in [2.24, 2.45) is 0 Å². The van der Waals surface area contributed by atoms with Crippen LogP contribution < -0.4 is 0 Å². The highest BCUT2D eigenvalue weighted by Gasteiger charge is 2.05. The van der Waals surface area contributed by atoms with Gasteiger partial charge in [0.05, 0.1) is 6.61 Å². The van der Waals surface area contributed by atoms with Crippen LogP contribution in [-0.2, 0) is 9.63 Å². The van der Waals surface area contributed by atoms with Crippen LogP contribution in [0, 0.1) is 10.1 Å². The number of amides is 1. The zero-order valence-electron chi connectivity index (χ0n) is 8.56. The number of carbonyl (C=O) groups excluding carboxylic acids is 1. The fourth-order valence-electron chi connectivity index (χ4n) is 0.885. The van der Waals surface area contributed by atoms with E-state index in [0.29, 0.717) is 25.8 Å². The van der Waals surface area contributed by atoms with Crippen LogP contribution in [0.15, 0.2) is 0 Å². The molecule has 0 aliphatic rings. The SMILES string of the molecule is CCN(C)C(=O)CCCCO[N+](=O)[O-]. The molecule has 0 bridgehead atoms. The molecule has 0 unspecified atom stereocenters. The van der Waals surface area contributed by atoms with E-state index in [2.05, 4.69) is 4.84 Å². The number of nitrogens with zero attached hydrogens (tertiary/aromatic N) is 2. The average molecular weight is 204 g/mol. The van der Waals surface area contributed by atoms with Gasteiger partial charge in [-0.15, -0.1) is 10.1 Å². The first-order valence-corrected chi connectivity index (χ1v) is 4.59. The van der Waals surface area contributed by atoms with Crippen molar-refractivity contribution in [3.05, 3.63) is 10.1 Å². The monoisotopic (exact) mass is 204 g/mol. The Morgan fingerprint density at radius 3 is 2.64 bits per heavy atom. The predicted octanol–water partition coefficient (Wildman–Crippen LogP) is 0.843. The highest BCUT2D eigenvalue weighted by Crippen LogP contribution is 1.99. The van der Waals surface area contributed by atoms with Gasteiger partial charge in [-0.25, -0.2) is 0 Å². The third-order valence-corrected chi connectivity index (χ3v) is 1.88. The first-order chi connectivity index (χ1) is 6.57. The van der Waals surface area contributed by atoms with E-state index >= 15 is 0 Å². The van der Waals surface area contributed by atoms with Gasteiger partial charge in [-0.2, -0.15) is 0 Å². The van der Waals surface area contributed by atoms with Gasteiger partial charge in [0.15, 0.2) is 0 Å². The molecule has 0 aliphatic carbocycles. The van der Waals surface area contributed by atoms with Crippen molar-refractivity contribution in [3.8, 4) is 0 Å². The molecule has 6 nitrogen and oxygen atoms in total. The second-order valence-electron chi connectivity index (χ2n) is 2.92. The summed E-state index contributed by atoms with van der Waals surface area (Å²) in [6, 6.07) is 0. The van der Waals surface area contributed by atoms with Crippen molar-refractivity contribution >= 4 is 5.91 Å². The molecule has 0 aromatic heterocycles. The Morgan fingerprint density at radius 2 is 2.14 bits per heavy atom. The van der Waals surface area contributed by atoms with Gasteiger partial charge < -0.3 is 9.74 Å². The van der Waals surface area contributed by atoms with Crippen LogP contribution in [0.3, 0.4) is 0 Å². The molecule has 0 radical (unpaired) electrons. The van der Waals surface area contributed by atoms with Gasteiger partial charge in [0.1, 0.15) is 0 Å². The summed E-state index contributed by atoms with van der Waals surface area (Å²) in [6.45, 7) is 2.65. The Hall–Kier alpha value is -1.33. The number of hydrogen-bond donors (Lipinski definition) is 0. The molecule has 0 rings (SSSR count). The largest absolute Gasteiger partial charge is 0.346 e. The van der Waals surface area contributed by atoms with Crippen LogP contribution in [0.25, 0.3) is 0 Å². The van der Waals surface area contributed by atoms with E-state index in [0.717, 1.165) is 0 Å². The van der Waals surface area contributed by atoms with Crippen LogP contribution in [0.5, 0.6) is 0 Å².